The Bertz CT molecular complexity index is 177. The van der Waals surface area contributed by atoms with Crippen molar-refractivity contribution in [2.75, 3.05) is 13.1 Å². The summed E-state index contributed by atoms with van der Waals surface area (Å²) >= 11 is 0. The van der Waals surface area contributed by atoms with E-state index in [0.29, 0.717) is 24.2 Å². The first kappa shape index (κ1) is 8.05. The fourth-order valence-electron chi connectivity index (χ4n) is 2.74. The van der Waals surface area contributed by atoms with Crippen LogP contribution in [0.25, 0.3) is 0 Å². The van der Waals surface area contributed by atoms with Crippen molar-refractivity contribution in [3.8, 4) is 0 Å². The number of carbonyl (C=O) groups is 1. The molecule has 1 saturated heterocycles. The van der Waals surface area contributed by atoms with Crippen LogP contribution in [0.3, 0.4) is 0 Å². The topological polar surface area (TPSA) is 49.3 Å². The van der Waals surface area contributed by atoms with E-state index in [2.05, 4.69) is 5.32 Å². The molecule has 1 aliphatic carbocycles. The van der Waals surface area contributed by atoms with Crippen molar-refractivity contribution in [1.29, 1.82) is 0 Å². The minimum atomic E-state index is -0.626. The minimum absolute atomic E-state index is 0.386. The standard InChI is InChI=1S/C9H15NO2/c11-9(12)3-8-6-1-2-7(8)5-10-4-6/h6-8,10H,1-5H2,(H,11,12). The number of fused-ring (bicyclic) bond motifs is 2. The van der Waals surface area contributed by atoms with Crippen LogP contribution in [0, 0.1) is 17.8 Å². The second-order valence-electron chi connectivity index (χ2n) is 4.02. The Balaban J connectivity index is 2.00. The molecule has 0 aromatic heterocycles. The van der Waals surface area contributed by atoms with Gasteiger partial charge in [-0.25, -0.2) is 0 Å². The molecule has 0 radical (unpaired) electrons. The molecule has 2 aliphatic rings. The zero-order chi connectivity index (χ0) is 8.55. The van der Waals surface area contributed by atoms with Gasteiger partial charge in [-0.3, -0.25) is 4.79 Å². The molecule has 0 aromatic carbocycles. The van der Waals surface area contributed by atoms with Gasteiger partial charge in [0.2, 0.25) is 0 Å². The number of rotatable bonds is 2. The van der Waals surface area contributed by atoms with Crippen molar-refractivity contribution in [2.45, 2.75) is 19.3 Å². The lowest BCUT2D eigenvalue weighted by molar-refractivity contribution is -0.138. The van der Waals surface area contributed by atoms with E-state index in [-0.39, 0.29) is 0 Å². The summed E-state index contributed by atoms with van der Waals surface area (Å²) in [5.74, 6) is 1.11. The first-order chi connectivity index (χ1) is 5.77. The van der Waals surface area contributed by atoms with Crippen LogP contribution in [-0.2, 0) is 4.79 Å². The maximum absolute atomic E-state index is 10.6. The molecule has 1 heterocycles. The third-order valence-electron chi connectivity index (χ3n) is 3.34. The molecule has 0 amide bonds. The van der Waals surface area contributed by atoms with E-state index < -0.39 is 5.97 Å². The average Bonchev–Trinajstić information content (AvgIpc) is 2.30. The Morgan fingerprint density at radius 1 is 1.33 bits per heavy atom. The maximum Gasteiger partial charge on any atom is 0.303 e. The molecular formula is C9H15NO2. The third-order valence-corrected chi connectivity index (χ3v) is 3.34. The summed E-state index contributed by atoms with van der Waals surface area (Å²) in [5, 5.41) is 12.1. The highest BCUT2D eigenvalue weighted by Gasteiger charge is 2.39. The average molecular weight is 169 g/mol. The molecule has 2 bridgehead atoms. The van der Waals surface area contributed by atoms with E-state index in [9.17, 15) is 4.79 Å². The fraction of sp³-hybridized carbons (Fsp3) is 0.889. The molecule has 68 valence electrons. The van der Waals surface area contributed by atoms with Gasteiger partial charge in [-0.2, -0.15) is 0 Å². The Labute approximate surface area is 72.2 Å². The van der Waals surface area contributed by atoms with E-state index >= 15 is 0 Å². The number of nitrogens with one attached hydrogen (secondary N) is 1. The van der Waals surface area contributed by atoms with Crippen LogP contribution in [-0.4, -0.2) is 24.2 Å². The number of carboxylic acid groups (broad SMARTS) is 1. The number of hydrogen-bond donors (Lipinski definition) is 2. The monoisotopic (exact) mass is 169 g/mol. The predicted octanol–water partition coefficient (Wildman–Crippen LogP) is 0.707. The van der Waals surface area contributed by atoms with Crippen LogP contribution >= 0.6 is 0 Å². The van der Waals surface area contributed by atoms with Crippen LogP contribution in [0.1, 0.15) is 19.3 Å². The summed E-state index contributed by atoms with van der Waals surface area (Å²) in [7, 11) is 0. The molecule has 2 fully saturated rings. The van der Waals surface area contributed by atoms with Gasteiger partial charge in [0.25, 0.3) is 0 Å². The second kappa shape index (κ2) is 3.05. The van der Waals surface area contributed by atoms with Crippen molar-refractivity contribution < 1.29 is 9.90 Å². The van der Waals surface area contributed by atoms with Gasteiger partial charge >= 0.3 is 5.97 Å². The van der Waals surface area contributed by atoms with Crippen molar-refractivity contribution in [3.63, 3.8) is 0 Å². The van der Waals surface area contributed by atoms with Gasteiger partial charge in [-0.05, 0) is 43.7 Å². The van der Waals surface area contributed by atoms with Crippen molar-refractivity contribution in [1.82, 2.24) is 5.32 Å². The molecule has 12 heavy (non-hydrogen) atoms. The summed E-state index contributed by atoms with van der Waals surface area (Å²) in [5.41, 5.74) is 0. The highest BCUT2D eigenvalue weighted by Crippen LogP contribution is 2.40. The molecule has 2 rings (SSSR count). The minimum Gasteiger partial charge on any atom is -0.481 e. The van der Waals surface area contributed by atoms with Crippen LogP contribution in [0.2, 0.25) is 0 Å². The number of hydrogen-bond acceptors (Lipinski definition) is 2. The Hall–Kier alpha value is -0.570. The Morgan fingerprint density at radius 3 is 2.42 bits per heavy atom. The molecule has 0 aromatic rings. The zero-order valence-corrected chi connectivity index (χ0v) is 7.12. The maximum atomic E-state index is 10.6. The summed E-state index contributed by atoms with van der Waals surface area (Å²) in [6.07, 6.45) is 2.85. The highest BCUT2D eigenvalue weighted by molar-refractivity contribution is 5.67. The van der Waals surface area contributed by atoms with Gasteiger partial charge in [-0.1, -0.05) is 0 Å². The lowest BCUT2D eigenvalue weighted by atomic mass is 9.84. The fourth-order valence-corrected chi connectivity index (χ4v) is 2.74. The van der Waals surface area contributed by atoms with Gasteiger partial charge < -0.3 is 10.4 Å². The quantitative estimate of drug-likeness (QED) is 0.640. The third kappa shape index (κ3) is 1.33. The van der Waals surface area contributed by atoms with E-state index in [1.165, 1.54) is 12.8 Å². The van der Waals surface area contributed by atoms with E-state index in [1.807, 2.05) is 0 Å². The molecule has 3 heteroatoms. The van der Waals surface area contributed by atoms with Crippen LogP contribution in [0.15, 0.2) is 0 Å². The smallest absolute Gasteiger partial charge is 0.303 e. The molecule has 3 nitrogen and oxygen atoms in total. The lowest BCUT2D eigenvalue weighted by Gasteiger charge is -2.29. The molecule has 2 N–H and O–H groups in total. The van der Waals surface area contributed by atoms with Crippen molar-refractivity contribution in [2.24, 2.45) is 17.8 Å². The second-order valence-corrected chi connectivity index (χ2v) is 4.02. The van der Waals surface area contributed by atoms with Gasteiger partial charge in [0.05, 0.1) is 0 Å². The number of aliphatic carboxylic acids is 1. The largest absolute Gasteiger partial charge is 0.481 e. The summed E-state index contributed by atoms with van der Waals surface area (Å²) in [6, 6.07) is 0. The normalized spacial score (nSPS) is 39.8. The summed E-state index contributed by atoms with van der Waals surface area (Å²) in [4.78, 5) is 10.6. The molecule has 1 saturated carbocycles. The molecular weight excluding hydrogens is 154 g/mol. The van der Waals surface area contributed by atoms with E-state index in [0.717, 1.165) is 13.1 Å². The number of carboxylic acids is 1. The number of piperidine rings is 1. The van der Waals surface area contributed by atoms with Gasteiger partial charge in [0.15, 0.2) is 0 Å². The predicted molar refractivity (Wildman–Crippen MR) is 44.8 cm³/mol. The van der Waals surface area contributed by atoms with Gasteiger partial charge in [-0.15, -0.1) is 0 Å². The van der Waals surface area contributed by atoms with Crippen molar-refractivity contribution >= 4 is 5.97 Å². The molecule has 0 spiro atoms. The van der Waals surface area contributed by atoms with E-state index in [1.54, 1.807) is 0 Å². The summed E-state index contributed by atoms with van der Waals surface area (Å²) < 4.78 is 0. The first-order valence-electron chi connectivity index (χ1n) is 4.70. The van der Waals surface area contributed by atoms with Crippen LogP contribution in [0.4, 0.5) is 0 Å². The van der Waals surface area contributed by atoms with Gasteiger partial charge in [0, 0.05) is 6.42 Å². The van der Waals surface area contributed by atoms with E-state index in [4.69, 9.17) is 5.11 Å². The molecule has 2 unspecified atom stereocenters. The molecule has 1 aliphatic heterocycles. The van der Waals surface area contributed by atoms with Crippen LogP contribution in [0.5, 0.6) is 0 Å². The summed E-state index contributed by atoms with van der Waals surface area (Å²) in [6.45, 7) is 2.07. The molecule has 2 atom stereocenters. The SMILES string of the molecule is O=C(O)CC1C2CCC1CNC2. The first-order valence-corrected chi connectivity index (χ1v) is 4.70. The highest BCUT2D eigenvalue weighted by atomic mass is 16.4. The lowest BCUT2D eigenvalue weighted by Crippen LogP contribution is -2.38. The van der Waals surface area contributed by atoms with Crippen molar-refractivity contribution in [3.05, 3.63) is 0 Å². The Morgan fingerprint density at radius 2 is 1.92 bits per heavy atom. The van der Waals surface area contributed by atoms with Crippen LogP contribution < -0.4 is 5.32 Å². The zero-order valence-electron chi connectivity index (χ0n) is 7.12. The van der Waals surface area contributed by atoms with Gasteiger partial charge in [0.1, 0.15) is 0 Å². The Kier molecular flexibility index (Phi) is 2.05.